The second kappa shape index (κ2) is 6.55. The van der Waals surface area contributed by atoms with Crippen LogP contribution in [0.2, 0.25) is 0 Å². The molecule has 0 saturated carbocycles. The van der Waals surface area contributed by atoms with E-state index < -0.39 is 12.0 Å². The summed E-state index contributed by atoms with van der Waals surface area (Å²) in [5.41, 5.74) is 0.510. The summed E-state index contributed by atoms with van der Waals surface area (Å²) in [5, 5.41) is 7.95. The van der Waals surface area contributed by atoms with Crippen LogP contribution in [0.3, 0.4) is 0 Å². The molecule has 0 aliphatic rings. The van der Waals surface area contributed by atoms with Crippen molar-refractivity contribution in [3.8, 4) is 11.5 Å². The highest BCUT2D eigenvalue weighted by Crippen LogP contribution is 2.32. The Morgan fingerprint density at radius 2 is 1.77 bits per heavy atom. The van der Waals surface area contributed by atoms with Crippen LogP contribution >= 0.6 is 0 Å². The normalized spacial score (nSPS) is 12.1. The van der Waals surface area contributed by atoms with E-state index in [-0.39, 0.29) is 40.4 Å². The zero-order chi connectivity index (χ0) is 20.9. The van der Waals surface area contributed by atoms with E-state index in [4.69, 9.17) is 8.83 Å². The fourth-order valence-corrected chi connectivity index (χ4v) is 3.24. The van der Waals surface area contributed by atoms with Crippen LogP contribution in [-0.4, -0.2) is 19.7 Å². The van der Waals surface area contributed by atoms with Crippen LogP contribution in [0.25, 0.3) is 33.5 Å². The Labute approximate surface area is 165 Å². The number of para-hydroxylation sites is 3. The van der Waals surface area contributed by atoms with Gasteiger partial charge in [0, 0.05) is 0 Å². The van der Waals surface area contributed by atoms with Gasteiger partial charge < -0.3 is 13.4 Å². The van der Waals surface area contributed by atoms with Crippen molar-refractivity contribution >= 4 is 22.0 Å². The molecule has 0 aliphatic heterocycles. The largest absolute Gasteiger partial charge is 0.463 e. The summed E-state index contributed by atoms with van der Waals surface area (Å²) >= 11 is 0. The first-order valence-electron chi connectivity index (χ1n) is 8.77. The Hall–Kier alpha value is -3.95. The van der Waals surface area contributed by atoms with Gasteiger partial charge in [-0.3, -0.25) is 4.79 Å². The van der Waals surface area contributed by atoms with Crippen LogP contribution in [0.1, 0.15) is 11.7 Å². The molecule has 0 radical (unpaired) electrons. The van der Waals surface area contributed by atoms with Gasteiger partial charge in [-0.2, -0.15) is 13.2 Å². The Morgan fingerprint density at radius 3 is 2.60 bits per heavy atom. The van der Waals surface area contributed by atoms with Gasteiger partial charge in [0.1, 0.15) is 24.0 Å². The molecular formula is C20H11F3N4O3. The Morgan fingerprint density at radius 1 is 1.00 bits per heavy atom. The van der Waals surface area contributed by atoms with Gasteiger partial charge in [-0.25, -0.2) is 4.98 Å². The SMILES string of the molecule is O=c1c(-c2nnc(Cn3c(C(F)(F)F)nc4ccccc43)o2)coc2ccccc12. The van der Waals surface area contributed by atoms with Crippen molar-refractivity contribution in [3.63, 3.8) is 0 Å². The zero-order valence-corrected chi connectivity index (χ0v) is 15.1. The molecule has 150 valence electrons. The molecule has 0 atom stereocenters. The Balaban J connectivity index is 1.57. The summed E-state index contributed by atoms with van der Waals surface area (Å²) in [7, 11) is 0. The van der Waals surface area contributed by atoms with Crippen molar-refractivity contribution in [2.75, 3.05) is 0 Å². The third-order valence-corrected chi connectivity index (χ3v) is 4.58. The van der Waals surface area contributed by atoms with Crippen LogP contribution in [0.15, 0.2) is 68.4 Å². The summed E-state index contributed by atoms with van der Waals surface area (Å²) in [4.78, 5) is 16.3. The lowest BCUT2D eigenvalue weighted by Gasteiger charge is -2.09. The topological polar surface area (TPSA) is 87.0 Å². The van der Waals surface area contributed by atoms with Crippen LogP contribution in [0, 0.1) is 0 Å². The van der Waals surface area contributed by atoms with E-state index >= 15 is 0 Å². The third kappa shape index (κ3) is 2.93. The minimum atomic E-state index is -4.67. The van der Waals surface area contributed by atoms with E-state index in [9.17, 15) is 18.0 Å². The average molecular weight is 412 g/mol. The van der Waals surface area contributed by atoms with Crippen LogP contribution in [-0.2, 0) is 12.7 Å². The maximum atomic E-state index is 13.5. The second-order valence-electron chi connectivity index (χ2n) is 6.48. The number of aromatic nitrogens is 4. The fraction of sp³-hybridized carbons (Fsp3) is 0.100. The molecular weight excluding hydrogens is 401 g/mol. The van der Waals surface area contributed by atoms with Gasteiger partial charge in [0.15, 0.2) is 0 Å². The molecule has 5 aromatic rings. The first kappa shape index (κ1) is 18.1. The number of hydrogen-bond donors (Lipinski definition) is 0. The predicted molar refractivity (Wildman–Crippen MR) is 99.6 cm³/mol. The standard InChI is InChI=1S/C20H11F3N4O3/c21-20(22,23)19-24-13-6-2-3-7-14(13)27(19)9-16-25-26-18(30-16)12-10-29-15-8-4-1-5-11(15)17(12)28/h1-8,10H,9H2. The lowest BCUT2D eigenvalue weighted by Crippen LogP contribution is -2.15. The minimum absolute atomic E-state index is 0.0268. The maximum Gasteiger partial charge on any atom is 0.449 e. The van der Waals surface area contributed by atoms with E-state index in [1.54, 1.807) is 36.4 Å². The van der Waals surface area contributed by atoms with E-state index in [0.29, 0.717) is 11.0 Å². The van der Waals surface area contributed by atoms with Gasteiger partial charge in [-0.1, -0.05) is 24.3 Å². The number of alkyl halides is 3. The smallest absolute Gasteiger partial charge is 0.449 e. The fourth-order valence-electron chi connectivity index (χ4n) is 3.24. The van der Waals surface area contributed by atoms with Crippen molar-refractivity contribution in [2.45, 2.75) is 12.7 Å². The van der Waals surface area contributed by atoms with E-state index in [0.717, 1.165) is 4.57 Å². The molecule has 3 aromatic heterocycles. The van der Waals surface area contributed by atoms with Crippen LogP contribution in [0.4, 0.5) is 13.2 Å². The summed E-state index contributed by atoms with van der Waals surface area (Å²) in [6.45, 7) is -0.360. The Kier molecular flexibility index (Phi) is 3.95. The highest BCUT2D eigenvalue weighted by Gasteiger charge is 2.38. The molecule has 30 heavy (non-hydrogen) atoms. The van der Waals surface area contributed by atoms with Crippen LogP contribution < -0.4 is 5.43 Å². The highest BCUT2D eigenvalue weighted by atomic mass is 19.4. The molecule has 7 nitrogen and oxygen atoms in total. The molecule has 0 spiro atoms. The maximum absolute atomic E-state index is 13.5. The molecule has 0 aliphatic carbocycles. The van der Waals surface area contributed by atoms with Gasteiger partial charge in [-0.15, -0.1) is 10.2 Å². The number of nitrogens with zero attached hydrogens (tertiary/aromatic N) is 4. The highest BCUT2D eigenvalue weighted by molar-refractivity contribution is 5.80. The minimum Gasteiger partial charge on any atom is -0.463 e. The van der Waals surface area contributed by atoms with Gasteiger partial charge in [-0.05, 0) is 24.3 Å². The van der Waals surface area contributed by atoms with Crippen molar-refractivity contribution in [1.82, 2.24) is 19.7 Å². The number of imidazole rings is 1. The molecule has 3 heterocycles. The predicted octanol–water partition coefficient (Wildman–Crippen LogP) is 4.26. The number of fused-ring (bicyclic) bond motifs is 2. The summed E-state index contributed by atoms with van der Waals surface area (Å²) < 4.78 is 52.2. The van der Waals surface area contributed by atoms with Crippen LogP contribution in [0.5, 0.6) is 0 Å². The van der Waals surface area contributed by atoms with E-state index in [2.05, 4.69) is 15.2 Å². The summed E-state index contributed by atoms with van der Waals surface area (Å²) in [6.07, 6.45) is -3.48. The third-order valence-electron chi connectivity index (χ3n) is 4.58. The van der Waals surface area contributed by atoms with Crippen molar-refractivity contribution in [1.29, 1.82) is 0 Å². The second-order valence-corrected chi connectivity index (χ2v) is 6.48. The van der Waals surface area contributed by atoms with Crippen molar-refractivity contribution < 1.29 is 22.0 Å². The monoisotopic (exact) mass is 412 g/mol. The van der Waals surface area contributed by atoms with Gasteiger partial charge >= 0.3 is 6.18 Å². The molecule has 0 fully saturated rings. The average Bonchev–Trinajstić information content (AvgIpc) is 3.34. The molecule has 0 amide bonds. The quantitative estimate of drug-likeness (QED) is 0.440. The van der Waals surface area contributed by atoms with Crippen molar-refractivity contribution in [2.24, 2.45) is 0 Å². The number of benzene rings is 2. The number of rotatable bonds is 3. The van der Waals surface area contributed by atoms with Gasteiger partial charge in [0.05, 0.1) is 16.4 Å². The molecule has 0 bridgehead atoms. The first-order valence-corrected chi connectivity index (χ1v) is 8.77. The van der Waals surface area contributed by atoms with Crippen molar-refractivity contribution in [3.05, 3.63) is 76.7 Å². The number of hydrogen-bond acceptors (Lipinski definition) is 6. The van der Waals surface area contributed by atoms with E-state index in [1.165, 1.54) is 18.4 Å². The first-order chi connectivity index (χ1) is 14.4. The van der Waals surface area contributed by atoms with E-state index in [1.807, 2.05) is 0 Å². The molecule has 2 aromatic carbocycles. The molecule has 5 rings (SSSR count). The molecule has 10 heteroatoms. The summed E-state index contributed by atoms with van der Waals surface area (Å²) in [6, 6.07) is 12.9. The lowest BCUT2D eigenvalue weighted by atomic mass is 10.2. The molecule has 0 unspecified atom stereocenters. The molecule has 0 saturated heterocycles. The zero-order valence-electron chi connectivity index (χ0n) is 15.1. The molecule has 0 N–H and O–H groups in total. The lowest BCUT2D eigenvalue weighted by molar-refractivity contribution is -0.146. The summed E-state index contributed by atoms with van der Waals surface area (Å²) in [5.74, 6) is -1.32. The number of halogens is 3. The van der Waals surface area contributed by atoms with Gasteiger partial charge in [0.2, 0.25) is 17.1 Å². The Bertz CT molecular complexity index is 1450. The van der Waals surface area contributed by atoms with Gasteiger partial charge in [0.25, 0.3) is 5.89 Å².